The van der Waals surface area contributed by atoms with Crippen LogP contribution in [-0.2, 0) is 16.2 Å². The summed E-state index contributed by atoms with van der Waals surface area (Å²) in [5.74, 6) is -1.13. The summed E-state index contributed by atoms with van der Waals surface area (Å²) < 4.78 is 93.7. The summed E-state index contributed by atoms with van der Waals surface area (Å²) in [6.07, 6.45) is -4.58. The SMILES string of the molecule is COc1cc(C)c(C)cc1S(=O)(=O)Nc1ccc(Oc2cc(C)nc3ccc(C(F)(F)F)cc23)c(F)c1. The van der Waals surface area contributed by atoms with Gasteiger partial charge in [-0.3, -0.25) is 9.71 Å². The van der Waals surface area contributed by atoms with Crippen molar-refractivity contribution in [3.63, 3.8) is 0 Å². The van der Waals surface area contributed by atoms with Gasteiger partial charge in [-0.05, 0) is 74.4 Å². The van der Waals surface area contributed by atoms with Crippen LogP contribution in [0.2, 0.25) is 0 Å². The Labute approximate surface area is 210 Å². The van der Waals surface area contributed by atoms with Gasteiger partial charge < -0.3 is 9.47 Å². The number of halogens is 4. The molecule has 0 fully saturated rings. The van der Waals surface area contributed by atoms with Crippen LogP contribution >= 0.6 is 0 Å². The zero-order valence-electron chi connectivity index (χ0n) is 20.2. The standard InChI is InChI=1S/C26H22F4N2O4S/c1-14-9-24(35-4)25(10-15(14)2)37(33,34)32-18-6-8-22(20(27)13-18)36-23-11-16(3)31-21-7-5-17(12-19(21)23)26(28,29)30/h5-13,32H,1-4H3. The van der Waals surface area contributed by atoms with Gasteiger partial charge in [0, 0.05) is 23.2 Å². The van der Waals surface area contributed by atoms with E-state index in [4.69, 9.17) is 9.47 Å². The summed E-state index contributed by atoms with van der Waals surface area (Å²) in [5, 5.41) is 0.0476. The first-order chi connectivity index (χ1) is 17.3. The van der Waals surface area contributed by atoms with E-state index < -0.39 is 27.6 Å². The van der Waals surface area contributed by atoms with E-state index in [9.17, 15) is 26.0 Å². The normalized spacial score (nSPS) is 12.0. The number of sulfonamides is 1. The van der Waals surface area contributed by atoms with Crippen LogP contribution in [0, 0.1) is 26.6 Å². The van der Waals surface area contributed by atoms with Crippen molar-refractivity contribution in [2.24, 2.45) is 0 Å². The lowest BCUT2D eigenvalue weighted by Crippen LogP contribution is -2.14. The molecule has 1 aromatic heterocycles. The van der Waals surface area contributed by atoms with E-state index in [1.165, 1.54) is 37.4 Å². The molecule has 0 radical (unpaired) electrons. The molecule has 0 bridgehead atoms. The van der Waals surface area contributed by atoms with Crippen LogP contribution in [0.3, 0.4) is 0 Å². The van der Waals surface area contributed by atoms with E-state index in [0.717, 1.165) is 29.3 Å². The molecule has 0 saturated heterocycles. The number of alkyl halides is 3. The lowest BCUT2D eigenvalue weighted by Gasteiger charge is -2.15. The molecule has 194 valence electrons. The van der Waals surface area contributed by atoms with Crippen LogP contribution in [0.4, 0.5) is 23.2 Å². The molecule has 0 amide bonds. The number of aromatic nitrogens is 1. The average molecular weight is 535 g/mol. The molecule has 0 aliphatic heterocycles. The Balaban J connectivity index is 1.66. The number of pyridine rings is 1. The second-order valence-electron chi connectivity index (χ2n) is 8.43. The predicted octanol–water partition coefficient (Wildman–Crippen LogP) is 6.92. The summed E-state index contributed by atoms with van der Waals surface area (Å²) in [7, 11) is -2.79. The van der Waals surface area contributed by atoms with Gasteiger partial charge in [-0.2, -0.15) is 13.2 Å². The number of rotatable bonds is 6. The lowest BCUT2D eigenvalue weighted by molar-refractivity contribution is -0.137. The summed E-state index contributed by atoms with van der Waals surface area (Å²) in [6, 6.07) is 10.8. The first-order valence-corrected chi connectivity index (χ1v) is 12.4. The average Bonchev–Trinajstić information content (AvgIpc) is 2.81. The van der Waals surface area contributed by atoms with Crippen LogP contribution in [0.1, 0.15) is 22.4 Å². The number of anilines is 1. The first kappa shape index (κ1) is 26.2. The zero-order valence-corrected chi connectivity index (χ0v) is 21.0. The number of nitrogens with zero attached hydrogens (tertiary/aromatic N) is 1. The van der Waals surface area contributed by atoms with Crippen LogP contribution in [0.15, 0.2) is 59.5 Å². The van der Waals surface area contributed by atoms with Crippen molar-refractivity contribution in [1.82, 2.24) is 4.98 Å². The van der Waals surface area contributed by atoms with Crippen LogP contribution in [0.5, 0.6) is 17.2 Å². The minimum atomic E-state index is -4.58. The van der Waals surface area contributed by atoms with Crippen LogP contribution in [0.25, 0.3) is 10.9 Å². The van der Waals surface area contributed by atoms with Crippen molar-refractivity contribution < 1.29 is 35.5 Å². The summed E-state index contributed by atoms with van der Waals surface area (Å²) in [5.41, 5.74) is 1.28. The summed E-state index contributed by atoms with van der Waals surface area (Å²) in [6.45, 7) is 5.19. The maximum Gasteiger partial charge on any atom is 0.416 e. The fourth-order valence-corrected chi connectivity index (χ4v) is 4.98. The van der Waals surface area contributed by atoms with E-state index >= 15 is 0 Å². The van der Waals surface area contributed by atoms with Gasteiger partial charge in [0.05, 0.1) is 23.9 Å². The molecule has 6 nitrogen and oxygen atoms in total. The van der Waals surface area contributed by atoms with Gasteiger partial charge in [0.25, 0.3) is 10.0 Å². The fraction of sp³-hybridized carbons (Fsp3) is 0.192. The number of nitrogens with one attached hydrogen (secondary N) is 1. The highest BCUT2D eigenvalue weighted by Crippen LogP contribution is 2.37. The number of methoxy groups -OCH3 is 1. The Hall–Kier alpha value is -3.86. The molecule has 37 heavy (non-hydrogen) atoms. The summed E-state index contributed by atoms with van der Waals surface area (Å²) >= 11 is 0. The topological polar surface area (TPSA) is 77.5 Å². The molecule has 3 aromatic carbocycles. The van der Waals surface area contributed by atoms with Crippen molar-refractivity contribution >= 4 is 26.6 Å². The minimum absolute atomic E-state index is 0.0271. The molecule has 4 rings (SSSR count). The highest BCUT2D eigenvalue weighted by Gasteiger charge is 2.31. The predicted molar refractivity (Wildman–Crippen MR) is 131 cm³/mol. The van der Waals surface area contributed by atoms with Crippen molar-refractivity contribution in [1.29, 1.82) is 0 Å². The van der Waals surface area contributed by atoms with Gasteiger partial charge in [0.1, 0.15) is 16.4 Å². The molecular formula is C26H22F4N2O4S. The number of ether oxygens (including phenoxy) is 2. The fourth-order valence-electron chi connectivity index (χ4n) is 3.69. The highest BCUT2D eigenvalue weighted by atomic mass is 32.2. The van der Waals surface area contributed by atoms with E-state index in [2.05, 4.69) is 9.71 Å². The molecule has 1 heterocycles. The van der Waals surface area contributed by atoms with E-state index in [0.29, 0.717) is 5.69 Å². The Morgan fingerprint density at radius 1 is 0.865 bits per heavy atom. The number of hydrogen-bond acceptors (Lipinski definition) is 5. The monoisotopic (exact) mass is 534 g/mol. The largest absolute Gasteiger partial charge is 0.495 e. The van der Waals surface area contributed by atoms with Crippen molar-refractivity contribution in [2.45, 2.75) is 31.8 Å². The number of benzene rings is 3. The Bertz CT molecular complexity index is 1620. The van der Waals surface area contributed by atoms with Crippen LogP contribution in [-0.4, -0.2) is 20.5 Å². The van der Waals surface area contributed by atoms with Gasteiger partial charge >= 0.3 is 6.18 Å². The van der Waals surface area contributed by atoms with E-state index in [1.54, 1.807) is 19.9 Å². The van der Waals surface area contributed by atoms with Crippen LogP contribution < -0.4 is 14.2 Å². The summed E-state index contributed by atoms with van der Waals surface area (Å²) in [4.78, 5) is 4.09. The maximum atomic E-state index is 15.0. The molecule has 0 spiro atoms. The van der Waals surface area contributed by atoms with E-state index in [-0.39, 0.29) is 38.7 Å². The third-order valence-corrected chi connectivity index (χ3v) is 7.10. The Kier molecular flexibility index (Phi) is 6.76. The van der Waals surface area contributed by atoms with Crippen molar-refractivity contribution in [2.75, 3.05) is 11.8 Å². The molecule has 0 aliphatic rings. The van der Waals surface area contributed by atoms with Gasteiger partial charge in [-0.15, -0.1) is 0 Å². The van der Waals surface area contributed by atoms with Crippen molar-refractivity contribution in [3.05, 3.63) is 82.8 Å². The molecule has 4 aromatic rings. The van der Waals surface area contributed by atoms with Gasteiger partial charge in [-0.1, -0.05) is 0 Å². The Morgan fingerprint density at radius 3 is 2.22 bits per heavy atom. The molecule has 0 aliphatic carbocycles. The number of fused-ring (bicyclic) bond motifs is 1. The lowest BCUT2D eigenvalue weighted by atomic mass is 10.1. The highest BCUT2D eigenvalue weighted by molar-refractivity contribution is 7.92. The quantitative estimate of drug-likeness (QED) is 0.272. The third kappa shape index (κ3) is 5.46. The van der Waals surface area contributed by atoms with Gasteiger partial charge in [-0.25, -0.2) is 12.8 Å². The number of aryl methyl sites for hydroxylation is 3. The number of hydrogen-bond donors (Lipinski definition) is 1. The molecule has 0 atom stereocenters. The van der Waals surface area contributed by atoms with E-state index in [1.807, 2.05) is 6.92 Å². The molecule has 0 unspecified atom stereocenters. The second kappa shape index (κ2) is 9.55. The molecule has 0 saturated carbocycles. The Morgan fingerprint density at radius 2 is 1.57 bits per heavy atom. The molecular weight excluding hydrogens is 512 g/mol. The molecule has 1 N–H and O–H groups in total. The zero-order chi connectivity index (χ0) is 27.1. The molecule has 11 heteroatoms. The minimum Gasteiger partial charge on any atom is -0.495 e. The smallest absolute Gasteiger partial charge is 0.416 e. The van der Waals surface area contributed by atoms with Crippen molar-refractivity contribution in [3.8, 4) is 17.2 Å². The maximum absolute atomic E-state index is 15.0. The first-order valence-electron chi connectivity index (χ1n) is 10.9. The van der Waals surface area contributed by atoms with Gasteiger partial charge in [0.2, 0.25) is 0 Å². The second-order valence-corrected chi connectivity index (χ2v) is 10.1. The van der Waals surface area contributed by atoms with Gasteiger partial charge in [0.15, 0.2) is 11.6 Å². The third-order valence-electron chi connectivity index (χ3n) is 5.70.